The number of nitrogen functional groups attached to an aromatic ring is 1. The lowest BCUT2D eigenvalue weighted by molar-refractivity contribution is 0.149. The Morgan fingerprint density at radius 3 is 2.58 bits per heavy atom. The summed E-state index contributed by atoms with van der Waals surface area (Å²) in [6, 6.07) is 11.2. The first kappa shape index (κ1) is 24.1. The maximum Gasteiger partial charge on any atom is 0.264 e. The Morgan fingerprint density at radius 1 is 1.13 bits per heavy atom. The van der Waals surface area contributed by atoms with Gasteiger partial charge in [0.2, 0.25) is 0 Å². The molecule has 1 aliphatic rings. The highest BCUT2D eigenvalue weighted by atomic mass is 19.1. The second-order valence-electron chi connectivity index (χ2n) is 9.60. The number of anilines is 1. The van der Waals surface area contributed by atoms with Gasteiger partial charge in [0.15, 0.2) is 5.65 Å². The number of halogens is 1. The van der Waals surface area contributed by atoms with Crippen molar-refractivity contribution in [1.82, 2.24) is 34.6 Å². The van der Waals surface area contributed by atoms with Crippen molar-refractivity contribution in [3.63, 3.8) is 0 Å². The molecule has 1 aliphatic carbocycles. The fourth-order valence-corrected chi connectivity index (χ4v) is 5.08. The molecule has 6 rings (SSSR count). The van der Waals surface area contributed by atoms with E-state index in [2.05, 4.69) is 15.3 Å². The molecule has 0 spiro atoms. The summed E-state index contributed by atoms with van der Waals surface area (Å²) < 4.78 is 18.0. The highest BCUT2D eigenvalue weighted by Gasteiger charge is 2.30. The Kier molecular flexibility index (Phi) is 5.88. The van der Waals surface area contributed by atoms with Crippen LogP contribution in [0.5, 0.6) is 0 Å². The fourth-order valence-electron chi connectivity index (χ4n) is 5.08. The summed E-state index contributed by atoms with van der Waals surface area (Å²) in [5.74, 6) is 0.178. The van der Waals surface area contributed by atoms with Crippen LogP contribution in [0.25, 0.3) is 33.2 Å². The molecule has 2 aromatic carbocycles. The number of nitrogens with one attached hydrogen (secondary N) is 1. The van der Waals surface area contributed by atoms with Crippen molar-refractivity contribution in [2.45, 2.75) is 44.5 Å². The third kappa shape index (κ3) is 3.74. The van der Waals surface area contributed by atoms with Gasteiger partial charge >= 0.3 is 0 Å². The van der Waals surface area contributed by atoms with Crippen molar-refractivity contribution in [2.75, 3.05) is 12.8 Å². The SMILES string of the molecule is CNC(O)c1ccc(-c2nn(C(C)c3nc4cccc(F)c4c(=O)n3C3CCC3)c3ncnc(N)c23)cc1. The first-order valence-electron chi connectivity index (χ1n) is 12.5. The van der Waals surface area contributed by atoms with Crippen LogP contribution in [0.15, 0.2) is 53.6 Å². The number of fused-ring (bicyclic) bond motifs is 2. The van der Waals surface area contributed by atoms with E-state index in [1.165, 1.54) is 12.4 Å². The van der Waals surface area contributed by atoms with Gasteiger partial charge in [0.05, 0.1) is 10.9 Å². The molecule has 10 nitrogen and oxygen atoms in total. The molecule has 38 heavy (non-hydrogen) atoms. The average Bonchev–Trinajstić information content (AvgIpc) is 3.29. The van der Waals surface area contributed by atoms with Gasteiger partial charge in [-0.3, -0.25) is 14.7 Å². The molecule has 0 saturated heterocycles. The summed E-state index contributed by atoms with van der Waals surface area (Å²) in [4.78, 5) is 27.0. The third-order valence-corrected chi connectivity index (χ3v) is 7.38. The number of aromatic nitrogens is 6. The van der Waals surface area contributed by atoms with Crippen molar-refractivity contribution >= 4 is 27.8 Å². The van der Waals surface area contributed by atoms with E-state index in [1.54, 1.807) is 40.6 Å². The standard InChI is InChI=1S/C27H27FN8O2/c1-14(24-33-19-8-4-7-18(28)20(19)27(38)35(24)17-5-3-6-17)36-25-21(23(29)31-13-32-25)22(34-36)15-9-11-16(12-10-15)26(37)30-2/h4,7-14,17,26,30,37H,3,5-6H2,1-2H3,(H2,29,31,32). The number of hydrogen-bond acceptors (Lipinski definition) is 8. The van der Waals surface area contributed by atoms with E-state index >= 15 is 0 Å². The van der Waals surface area contributed by atoms with Gasteiger partial charge in [-0.15, -0.1) is 0 Å². The average molecular weight is 515 g/mol. The zero-order valence-electron chi connectivity index (χ0n) is 21.0. The van der Waals surface area contributed by atoms with Gasteiger partial charge in [-0.2, -0.15) is 5.10 Å². The zero-order valence-corrected chi connectivity index (χ0v) is 21.0. The first-order valence-corrected chi connectivity index (χ1v) is 12.5. The Balaban J connectivity index is 1.55. The Hall–Kier alpha value is -4.22. The third-order valence-electron chi connectivity index (χ3n) is 7.38. The minimum absolute atomic E-state index is 0.00298. The van der Waals surface area contributed by atoms with Gasteiger partial charge in [-0.1, -0.05) is 30.3 Å². The predicted octanol–water partition coefficient (Wildman–Crippen LogP) is 3.47. The molecule has 5 aromatic rings. The van der Waals surface area contributed by atoms with Crippen LogP contribution in [-0.4, -0.2) is 41.5 Å². The minimum atomic E-state index is -0.793. The van der Waals surface area contributed by atoms with E-state index in [4.69, 9.17) is 15.8 Å². The number of aliphatic hydroxyl groups excluding tert-OH is 1. The number of aliphatic hydroxyl groups is 1. The largest absolute Gasteiger partial charge is 0.383 e. The molecule has 0 amide bonds. The molecule has 3 heterocycles. The van der Waals surface area contributed by atoms with Crippen LogP contribution < -0.4 is 16.6 Å². The Labute approximate surface area is 217 Å². The Bertz CT molecular complexity index is 1730. The molecule has 194 valence electrons. The molecule has 4 N–H and O–H groups in total. The van der Waals surface area contributed by atoms with Gasteiger partial charge in [0, 0.05) is 11.6 Å². The molecule has 0 aliphatic heterocycles. The molecule has 0 bridgehead atoms. The van der Waals surface area contributed by atoms with Crippen LogP contribution >= 0.6 is 0 Å². The number of benzene rings is 2. The molecular weight excluding hydrogens is 487 g/mol. The van der Waals surface area contributed by atoms with Crippen molar-refractivity contribution in [3.05, 3.63) is 76.4 Å². The summed E-state index contributed by atoms with van der Waals surface area (Å²) in [5, 5.41) is 18.4. The van der Waals surface area contributed by atoms with Crippen LogP contribution in [0.2, 0.25) is 0 Å². The van der Waals surface area contributed by atoms with Gasteiger partial charge < -0.3 is 10.8 Å². The number of nitrogens with zero attached hydrogens (tertiary/aromatic N) is 6. The smallest absolute Gasteiger partial charge is 0.264 e. The van der Waals surface area contributed by atoms with Gasteiger partial charge in [0.1, 0.15) is 47.1 Å². The van der Waals surface area contributed by atoms with E-state index in [-0.39, 0.29) is 22.8 Å². The first-order chi connectivity index (χ1) is 18.4. The summed E-state index contributed by atoms with van der Waals surface area (Å²) >= 11 is 0. The zero-order chi connectivity index (χ0) is 26.6. The number of rotatable bonds is 6. The van der Waals surface area contributed by atoms with Crippen LogP contribution in [-0.2, 0) is 0 Å². The summed E-state index contributed by atoms with van der Waals surface area (Å²) in [5.41, 5.74) is 8.75. The van der Waals surface area contributed by atoms with E-state index in [0.29, 0.717) is 33.6 Å². The highest BCUT2D eigenvalue weighted by molar-refractivity contribution is 5.98. The van der Waals surface area contributed by atoms with Crippen molar-refractivity contribution in [3.8, 4) is 11.3 Å². The molecule has 1 saturated carbocycles. The Morgan fingerprint density at radius 2 is 1.89 bits per heavy atom. The summed E-state index contributed by atoms with van der Waals surface area (Å²) in [6.45, 7) is 1.89. The number of nitrogens with two attached hydrogens (primary N) is 1. The lowest BCUT2D eigenvalue weighted by atomic mass is 9.92. The maximum absolute atomic E-state index is 14.7. The minimum Gasteiger partial charge on any atom is -0.383 e. The number of hydrogen-bond donors (Lipinski definition) is 3. The van der Waals surface area contributed by atoms with Crippen molar-refractivity contribution < 1.29 is 9.50 Å². The van der Waals surface area contributed by atoms with E-state index in [1.807, 2.05) is 19.1 Å². The lowest BCUT2D eigenvalue weighted by Crippen LogP contribution is -2.35. The van der Waals surface area contributed by atoms with Crippen LogP contribution in [0, 0.1) is 5.82 Å². The molecule has 0 radical (unpaired) electrons. The van der Waals surface area contributed by atoms with E-state index < -0.39 is 18.1 Å². The predicted molar refractivity (Wildman–Crippen MR) is 142 cm³/mol. The van der Waals surface area contributed by atoms with E-state index in [0.717, 1.165) is 24.8 Å². The van der Waals surface area contributed by atoms with Crippen LogP contribution in [0.3, 0.4) is 0 Å². The molecule has 3 aromatic heterocycles. The van der Waals surface area contributed by atoms with Crippen molar-refractivity contribution in [2.24, 2.45) is 0 Å². The summed E-state index contributed by atoms with van der Waals surface area (Å²) in [6.07, 6.45) is 3.23. The normalized spacial score (nSPS) is 15.6. The van der Waals surface area contributed by atoms with Gasteiger partial charge in [-0.05, 0) is 50.9 Å². The second kappa shape index (κ2) is 9.26. The molecule has 1 fully saturated rings. The molecule has 2 atom stereocenters. The van der Waals surface area contributed by atoms with Gasteiger partial charge in [-0.25, -0.2) is 24.0 Å². The quantitative estimate of drug-likeness (QED) is 0.293. The highest BCUT2D eigenvalue weighted by Crippen LogP contribution is 2.36. The second-order valence-corrected chi connectivity index (χ2v) is 9.60. The van der Waals surface area contributed by atoms with Gasteiger partial charge in [0.25, 0.3) is 5.56 Å². The monoisotopic (exact) mass is 514 g/mol. The molecular formula is C27H27FN8O2. The topological polar surface area (TPSA) is 137 Å². The van der Waals surface area contributed by atoms with Crippen LogP contribution in [0.1, 0.15) is 55.9 Å². The van der Waals surface area contributed by atoms with Crippen LogP contribution in [0.4, 0.5) is 10.2 Å². The molecule has 2 unspecified atom stereocenters. The fraction of sp³-hybridized carbons (Fsp3) is 0.296. The molecule has 11 heteroatoms. The lowest BCUT2D eigenvalue weighted by Gasteiger charge is -2.31. The summed E-state index contributed by atoms with van der Waals surface area (Å²) in [7, 11) is 1.67. The van der Waals surface area contributed by atoms with E-state index in [9.17, 15) is 14.3 Å². The van der Waals surface area contributed by atoms with Crippen molar-refractivity contribution in [1.29, 1.82) is 0 Å². The maximum atomic E-state index is 14.7.